The first-order chi connectivity index (χ1) is 15.2. The highest BCUT2D eigenvalue weighted by Gasteiger charge is 2.40. The largest absolute Gasteiger partial charge is 0.450 e. The second-order valence-electron chi connectivity index (χ2n) is 9.05. The molecule has 0 aromatic carbocycles. The fourth-order valence-corrected chi connectivity index (χ4v) is 5.35. The third kappa shape index (κ3) is 5.49. The zero-order valence-electron chi connectivity index (χ0n) is 18.9. The Morgan fingerprint density at radius 2 is 2.03 bits per heavy atom. The van der Waals surface area contributed by atoms with Crippen molar-refractivity contribution >= 4 is 12.1 Å². The molecule has 9 heteroatoms. The average molecular weight is 432 g/mol. The molecule has 172 valence electrons. The topological polar surface area (TPSA) is 96.7 Å². The third-order valence-electron chi connectivity index (χ3n) is 7.04. The molecule has 9 nitrogen and oxygen atoms in total. The number of amides is 1. The Balaban J connectivity index is 1.34. The van der Waals surface area contributed by atoms with Gasteiger partial charge in [-0.05, 0) is 50.9 Å². The summed E-state index contributed by atoms with van der Waals surface area (Å²) < 4.78 is 7.22. The van der Waals surface area contributed by atoms with Crippen LogP contribution in [0.3, 0.4) is 0 Å². The predicted molar refractivity (Wildman–Crippen MR) is 119 cm³/mol. The van der Waals surface area contributed by atoms with Gasteiger partial charge in [0.1, 0.15) is 12.2 Å². The molecule has 2 heterocycles. The van der Waals surface area contributed by atoms with Crippen LogP contribution in [0.4, 0.5) is 4.79 Å². The van der Waals surface area contributed by atoms with Crippen LogP contribution in [0.1, 0.15) is 58.2 Å². The van der Waals surface area contributed by atoms with Crippen LogP contribution in [-0.2, 0) is 17.7 Å². The highest BCUT2D eigenvalue weighted by Crippen LogP contribution is 2.44. The maximum atomic E-state index is 12.0. The van der Waals surface area contributed by atoms with E-state index in [2.05, 4.69) is 32.3 Å². The summed E-state index contributed by atoms with van der Waals surface area (Å²) >= 11 is 0. The van der Waals surface area contributed by atoms with Crippen molar-refractivity contribution in [2.45, 2.75) is 77.4 Å². The van der Waals surface area contributed by atoms with Gasteiger partial charge in [-0.2, -0.15) is 0 Å². The molecule has 2 N–H and O–H groups in total. The van der Waals surface area contributed by atoms with E-state index < -0.39 is 0 Å². The summed E-state index contributed by atoms with van der Waals surface area (Å²) in [5.74, 6) is 3.59. The Bertz CT molecular complexity index is 757. The van der Waals surface area contributed by atoms with Crippen molar-refractivity contribution in [1.82, 2.24) is 30.3 Å². The molecular weight excluding hydrogens is 394 g/mol. The molecule has 3 atom stereocenters. The van der Waals surface area contributed by atoms with E-state index in [9.17, 15) is 4.79 Å². The number of aliphatic imine (C=N–C) groups is 1. The average Bonchev–Trinajstić information content (AvgIpc) is 3.51. The number of hydrogen-bond acceptors (Lipinski definition) is 5. The number of piperidine rings is 1. The first-order valence-corrected chi connectivity index (χ1v) is 12.0. The van der Waals surface area contributed by atoms with Crippen LogP contribution in [0.5, 0.6) is 0 Å². The van der Waals surface area contributed by atoms with E-state index in [-0.39, 0.29) is 6.09 Å². The number of nitrogens with zero attached hydrogens (tertiary/aromatic N) is 5. The standard InChI is InChI=1S/C22H37N7O2/c1-3-20-27-24-15-29(20)12-9-23-21(26-19-14-16-5-6-17(19)13-16)25-18-7-10-28(11-8-18)22(30)31-4-2/h15-19H,3-14H2,1-2H3,(H2,23,25,26). The quantitative estimate of drug-likeness (QED) is 0.507. The van der Waals surface area contributed by atoms with Crippen LogP contribution in [0.2, 0.25) is 0 Å². The molecule has 3 aliphatic rings. The summed E-state index contributed by atoms with van der Waals surface area (Å²) in [7, 11) is 0. The van der Waals surface area contributed by atoms with Crippen LogP contribution in [0.15, 0.2) is 11.3 Å². The highest BCUT2D eigenvalue weighted by atomic mass is 16.6. The molecule has 2 bridgehead atoms. The van der Waals surface area contributed by atoms with Gasteiger partial charge in [-0.25, -0.2) is 4.79 Å². The number of carbonyl (C=O) groups excluding carboxylic acids is 1. The van der Waals surface area contributed by atoms with Gasteiger partial charge in [-0.3, -0.25) is 4.99 Å². The second kappa shape index (κ2) is 10.3. The summed E-state index contributed by atoms with van der Waals surface area (Å²) in [5.41, 5.74) is 0. The fourth-order valence-electron chi connectivity index (χ4n) is 5.35. The lowest BCUT2D eigenvalue weighted by Crippen LogP contribution is -2.52. The van der Waals surface area contributed by atoms with Crippen molar-refractivity contribution in [3.63, 3.8) is 0 Å². The van der Waals surface area contributed by atoms with Crippen LogP contribution < -0.4 is 10.6 Å². The fraction of sp³-hybridized carbons (Fsp3) is 0.818. The van der Waals surface area contributed by atoms with Crippen molar-refractivity contribution in [3.8, 4) is 0 Å². The lowest BCUT2D eigenvalue weighted by Gasteiger charge is -2.33. The lowest BCUT2D eigenvalue weighted by molar-refractivity contribution is 0.0963. The third-order valence-corrected chi connectivity index (χ3v) is 7.04. The van der Waals surface area contributed by atoms with Gasteiger partial charge in [-0.1, -0.05) is 13.3 Å². The molecule has 1 aromatic heterocycles. The van der Waals surface area contributed by atoms with E-state index in [0.717, 1.165) is 62.5 Å². The number of ether oxygens (including phenoxy) is 1. The van der Waals surface area contributed by atoms with Gasteiger partial charge in [0.2, 0.25) is 0 Å². The molecule has 1 amide bonds. The van der Waals surface area contributed by atoms with Crippen LogP contribution in [0.25, 0.3) is 0 Å². The molecule has 1 aromatic rings. The summed E-state index contributed by atoms with van der Waals surface area (Å²) in [4.78, 5) is 18.7. The number of nitrogens with one attached hydrogen (secondary N) is 2. The summed E-state index contributed by atoms with van der Waals surface area (Å²) in [6.45, 7) is 7.27. The van der Waals surface area contributed by atoms with Gasteiger partial charge < -0.3 is 24.8 Å². The van der Waals surface area contributed by atoms with Gasteiger partial charge in [0.05, 0.1) is 13.2 Å². The molecule has 2 aliphatic carbocycles. The van der Waals surface area contributed by atoms with Crippen molar-refractivity contribution < 1.29 is 9.53 Å². The number of aromatic nitrogens is 3. The first-order valence-electron chi connectivity index (χ1n) is 12.0. The number of likely N-dealkylation sites (tertiary alicyclic amines) is 1. The number of aryl methyl sites for hydroxylation is 1. The normalized spacial score (nSPS) is 26.3. The molecule has 3 unspecified atom stereocenters. The minimum absolute atomic E-state index is 0.199. The SMILES string of the molecule is CCOC(=O)N1CCC(NC(=NCCn2cnnc2CC)NC2CC3CCC2C3)CC1. The number of hydrogen-bond donors (Lipinski definition) is 2. The Labute approximate surface area is 185 Å². The Morgan fingerprint density at radius 1 is 1.19 bits per heavy atom. The summed E-state index contributed by atoms with van der Waals surface area (Å²) in [5, 5.41) is 15.6. The zero-order chi connectivity index (χ0) is 21.6. The smallest absolute Gasteiger partial charge is 0.409 e. The van der Waals surface area contributed by atoms with Crippen molar-refractivity contribution in [2.75, 3.05) is 26.2 Å². The molecule has 1 aliphatic heterocycles. The highest BCUT2D eigenvalue weighted by molar-refractivity contribution is 5.80. The number of guanidine groups is 1. The molecule has 31 heavy (non-hydrogen) atoms. The Morgan fingerprint density at radius 3 is 2.71 bits per heavy atom. The maximum absolute atomic E-state index is 12.0. The zero-order valence-corrected chi connectivity index (χ0v) is 18.9. The Hall–Kier alpha value is -2.32. The number of rotatable bonds is 7. The molecule has 1 saturated heterocycles. The van der Waals surface area contributed by atoms with Crippen LogP contribution in [-0.4, -0.2) is 70.0 Å². The minimum Gasteiger partial charge on any atom is -0.450 e. The predicted octanol–water partition coefficient (Wildman–Crippen LogP) is 2.19. The lowest BCUT2D eigenvalue weighted by atomic mass is 9.95. The Kier molecular flexibility index (Phi) is 7.29. The molecular formula is C22H37N7O2. The van der Waals surface area contributed by atoms with Gasteiger partial charge in [0, 0.05) is 38.1 Å². The summed E-state index contributed by atoms with van der Waals surface area (Å²) in [6, 6.07) is 0.849. The van der Waals surface area contributed by atoms with E-state index in [1.807, 2.05) is 6.92 Å². The summed E-state index contributed by atoms with van der Waals surface area (Å²) in [6.07, 6.45) is 9.63. The van der Waals surface area contributed by atoms with Crippen molar-refractivity contribution in [2.24, 2.45) is 16.8 Å². The molecule has 0 spiro atoms. The van der Waals surface area contributed by atoms with Crippen LogP contribution >= 0.6 is 0 Å². The monoisotopic (exact) mass is 431 g/mol. The van der Waals surface area contributed by atoms with E-state index in [1.165, 1.54) is 25.7 Å². The number of carbonyl (C=O) groups is 1. The number of fused-ring (bicyclic) bond motifs is 2. The van der Waals surface area contributed by atoms with E-state index in [4.69, 9.17) is 9.73 Å². The molecule has 3 fully saturated rings. The van der Waals surface area contributed by atoms with Crippen LogP contribution in [0, 0.1) is 11.8 Å². The van der Waals surface area contributed by atoms with Gasteiger partial charge in [0.25, 0.3) is 0 Å². The molecule has 2 saturated carbocycles. The van der Waals surface area contributed by atoms with Gasteiger partial charge in [-0.15, -0.1) is 10.2 Å². The minimum atomic E-state index is -0.199. The molecule has 0 radical (unpaired) electrons. The van der Waals surface area contributed by atoms with Gasteiger partial charge >= 0.3 is 6.09 Å². The van der Waals surface area contributed by atoms with E-state index in [1.54, 1.807) is 11.2 Å². The first kappa shape index (κ1) is 21.9. The van der Waals surface area contributed by atoms with E-state index in [0.29, 0.717) is 25.2 Å². The van der Waals surface area contributed by atoms with Crippen molar-refractivity contribution in [1.29, 1.82) is 0 Å². The van der Waals surface area contributed by atoms with Crippen molar-refractivity contribution in [3.05, 3.63) is 12.2 Å². The maximum Gasteiger partial charge on any atom is 0.409 e. The van der Waals surface area contributed by atoms with E-state index >= 15 is 0 Å². The molecule has 4 rings (SSSR count). The van der Waals surface area contributed by atoms with Gasteiger partial charge in [0.15, 0.2) is 5.96 Å². The second-order valence-corrected chi connectivity index (χ2v) is 9.05.